The number of rotatable bonds is 9. The van der Waals surface area contributed by atoms with E-state index in [1.54, 1.807) is 18.4 Å². The van der Waals surface area contributed by atoms with Crippen LogP contribution in [0.4, 0.5) is 0 Å². The normalized spacial score (nSPS) is 12.0. The monoisotopic (exact) mass is 312 g/mol. The number of hydrogen-bond donors (Lipinski definition) is 2. The van der Waals surface area contributed by atoms with Crippen molar-refractivity contribution in [3.63, 3.8) is 0 Å². The summed E-state index contributed by atoms with van der Waals surface area (Å²) in [5, 5.41) is 8.77. The molecule has 0 bridgehead atoms. The standard InChI is InChI=1S/C15H28N4OS/c1-5-16-15(17-7-8-19(3)9-10-20-4)18-12-14-13(2)6-11-21-14/h6,11H,5,7-10,12H2,1-4H3,(H2,16,17,18). The molecule has 1 aromatic rings. The second-order valence-corrected chi connectivity index (χ2v) is 5.95. The minimum absolute atomic E-state index is 0.734. The highest BCUT2D eigenvalue weighted by molar-refractivity contribution is 7.10. The number of hydrogen-bond acceptors (Lipinski definition) is 4. The van der Waals surface area contributed by atoms with Crippen molar-refractivity contribution in [2.45, 2.75) is 20.4 Å². The lowest BCUT2D eigenvalue weighted by Crippen LogP contribution is -2.41. The molecule has 0 amide bonds. The van der Waals surface area contributed by atoms with Gasteiger partial charge < -0.3 is 20.3 Å². The molecule has 0 fully saturated rings. The van der Waals surface area contributed by atoms with Crippen LogP contribution in [0.1, 0.15) is 17.4 Å². The molecule has 0 radical (unpaired) electrons. The average Bonchev–Trinajstić information content (AvgIpc) is 2.88. The number of likely N-dealkylation sites (N-methyl/N-ethyl adjacent to an activating group) is 1. The molecule has 6 heteroatoms. The second kappa shape index (κ2) is 10.6. The summed E-state index contributed by atoms with van der Waals surface area (Å²) in [4.78, 5) is 8.20. The van der Waals surface area contributed by atoms with Crippen molar-refractivity contribution in [1.29, 1.82) is 0 Å². The van der Waals surface area contributed by atoms with E-state index < -0.39 is 0 Å². The largest absolute Gasteiger partial charge is 0.383 e. The highest BCUT2D eigenvalue weighted by Crippen LogP contribution is 2.16. The van der Waals surface area contributed by atoms with Crippen LogP contribution in [0.25, 0.3) is 0 Å². The van der Waals surface area contributed by atoms with E-state index in [1.165, 1.54) is 10.4 Å². The molecule has 0 saturated carbocycles. The Morgan fingerprint density at radius 3 is 2.81 bits per heavy atom. The zero-order valence-electron chi connectivity index (χ0n) is 13.6. The van der Waals surface area contributed by atoms with Gasteiger partial charge in [0, 0.05) is 38.2 Å². The lowest BCUT2D eigenvalue weighted by Gasteiger charge is -2.17. The van der Waals surface area contributed by atoms with E-state index in [4.69, 9.17) is 4.74 Å². The van der Waals surface area contributed by atoms with E-state index in [-0.39, 0.29) is 0 Å². The van der Waals surface area contributed by atoms with Gasteiger partial charge in [0.15, 0.2) is 5.96 Å². The van der Waals surface area contributed by atoms with Crippen LogP contribution in [-0.2, 0) is 11.3 Å². The highest BCUT2D eigenvalue weighted by atomic mass is 32.1. The first-order valence-electron chi connectivity index (χ1n) is 7.40. The molecule has 0 spiro atoms. The number of nitrogens with zero attached hydrogens (tertiary/aromatic N) is 2. The molecule has 120 valence electrons. The minimum Gasteiger partial charge on any atom is -0.383 e. The third-order valence-corrected chi connectivity index (χ3v) is 4.16. The lowest BCUT2D eigenvalue weighted by molar-refractivity contribution is 0.162. The predicted molar refractivity (Wildman–Crippen MR) is 91.2 cm³/mol. The molecule has 0 unspecified atom stereocenters. The van der Waals surface area contributed by atoms with E-state index in [9.17, 15) is 0 Å². The maximum absolute atomic E-state index is 5.07. The van der Waals surface area contributed by atoms with Gasteiger partial charge in [0.05, 0.1) is 13.2 Å². The summed E-state index contributed by atoms with van der Waals surface area (Å²) in [5.41, 5.74) is 1.32. The number of nitrogens with one attached hydrogen (secondary N) is 2. The zero-order valence-corrected chi connectivity index (χ0v) is 14.4. The predicted octanol–water partition coefficient (Wildman–Crippen LogP) is 1.69. The Hall–Kier alpha value is -1.11. The van der Waals surface area contributed by atoms with Gasteiger partial charge in [0.2, 0.25) is 0 Å². The van der Waals surface area contributed by atoms with E-state index in [0.29, 0.717) is 0 Å². The van der Waals surface area contributed by atoms with Crippen LogP contribution >= 0.6 is 11.3 Å². The van der Waals surface area contributed by atoms with Crippen LogP contribution < -0.4 is 10.6 Å². The van der Waals surface area contributed by atoms with Crippen LogP contribution in [0, 0.1) is 6.92 Å². The van der Waals surface area contributed by atoms with Crippen LogP contribution in [0.5, 0.6) is 0 Å². The van der Waals surface area contributed by atoms with Gasteiger partial charge in [0.25, 0.3) is 0 Å². The fourth-order valence-electron chi connectivity index (χ4n) is 1.78. The van der Waals surface area contributed by atoms with Crippen LogP contribution in [0.15, 0.2) is 16.4 Å². The summed E-state index contributed by atoms with van der Waals surface area (Å²) in [6, 6.07) is 2.14. The molecule has 0 saturated heterocycles. The van der Waals surface area contributed by atoms with E-state index in [2.05, 4.69) is 52.9 Å². The molecule has 5 nitrogen and oxygen atoms in total. The lowest BCUT2D eigenvalue weighted by atomic mass is 10.3. The Bertz CT molecular complexity index is 420. The zero-order chi connectivity index (χ0) is 15.5. The van der Waals surface area contributed by atoms with Crippen LogP contribution in [0.2, 0.25) is 0 Å². The fraction of sp³-hybridized carbons (Fsp3) is 0.667. The maximum atomic E-state index is 5.07. The molecule has 0 atom stereocenters. The van der Waals surface area contributed by atoms with Crippen LogP contribution in [0.3, 0.4) is 0 Å². The molecule has 0 aliphatic heterocycles. The van der Waals surface area contributed by atoms with Gasteiger partial charge in [-0.15, -0.1) is 11.3 Å². The van der Waals surface area contributed by atoms with E-state index in [0.717, 1.165) is 45.3 Å². The highest BCUT2D eigenvalue weighted by Gasteiger charge is 2.02. The minimum atomic E-state index is 0.734. The van der Waals surface area contributed by atoms with Gasteiger partial charge in [-0.1, -0.05) is 0 Å². The van der Waals surface area contributed by atoms with Crippen molar-refractivity contribution in [2.24, 2.45) is 4.99 Å². The molecule has 0 aliphatic rings. The molecule has 0 aliphatic carbocycles. The number of aryl methyl sites for hydroxylation is 1. The number of methoxy groups -OCH3 is 1. The van der Waals surface area contributed by atoms with E-state index >= 15 is 0 Å². The van der Waals surface area contributed by atoms with Gasteiger partial charge in [-0.25, -0.2) is 4.99 Å². The summed E-state index contributed by atoms with van der Waals surface area (Å²) in [6.45, 7) is 9.36. The summed E-state index contributed by atoms with van der Waals surface area (Å²) in [7, 11) is 3.83. The molecular weight excluding hydrogens is 284 g/mol. The van der Waals surface area contributed by atoms with Crippen molar-refractivity contribution in [3.05, 3.63) is 21.9 Å². The Morgan fingerprint density at radius 2 is 2.19 bits per heavy atom. The Balaban J connectivity index is 2.37. The second-order valence-electron chi connectivity index (χ2n) is 4.94. The average molecular weight is 312 g/mol. The van der Waals surface area contributed by atoms with Gasteiger partial charge in [0.1, 0.15) is 0 Å². The molecule has 1 rings (SSSR count). The molecule has 1 aromatic heterocycles. The molecule has 21 heavy (non-hydrogen) atoms. The molecular formula is C15H28N4OS. The number of guanidine groups is 1. The number of ether oxygens (including phenoxy) is 1. The SMILES string of the molecule is CCNC(=NCc1sccc1C)NCCN(C)CCOC. The molecule has 0 aromatic carbocycles. The summed E-state index contributed by atoms with van der Waals surface area (Å²) >= 11 is 1.76. The molecule has 2 N–H and O–H groups in total. The van der Waals surface area contributed by atoms with Gasteiger partial charge in [-0.05, 0) is 37.9 Å². The van der Waals surface area contributed by atoms with Crippen LogP contribution in [-0.4, -0.2) is 57.8 Å². The van der Waals surface area contributed by atoms with Crippen molar-refractivity contribution in [1.82, 2.24) is 15.5 Å². The van der Waals surface area contributed by atoms with Crippen molar-refractivity contribution >= 4 is 17.3 Å². The maximum Gasteiger partial charge on any atom is 0.191 e. The van der Waals surface area contributed by atoms with Gasteiger partial charge in [-0.3, -0.25) is 0 Å². The number of thiophene rings is 1. The Kier molecular flexibility index (Phi) is 9.05. The third kappa shape index (κ3) is 7.45. The van der Waals surface area contributed by atoms with Crippen molar-refractivity contribution < 1.29 is 4.74 Å². The van der Waals surface area contributed by atoms with E-state index in [1.807, 2.05) is 0 Å². The Morgan fingerprint density at radius 1 is 1.38 bits per heavy atom. The quantitative estimate of drug-likeness (QED) is 0.538. The first kappa shape index (κ1) is 17.9. The summed E-state index contributed by atoms with van der Waals surface area (Å²) in [5.74, 6) is 0.880. The van der Waals surface area contributed by atoms with Crippen molar-refractivity contribution in [2.75, 3.05) is 46.9 Å². The van der Waals surface area contributed by atoms with Gasteiger partial charge in [-0.2, -0.15) is 0 Å². The number of aliphatic imine (C=N–C) groups is 1. The smallest absolute Gasteiger partial charge is 0.191 e. The Labute approximate surface area is 132 Å². The third-order valence-electron chi connectivity index (χ3n) is 3.16. The fourth-order valence-corrected chi connectivity index (χ4v) is 2.61. The van der Waals surface area contributed by atoms with Gasteiger partial charge >= 0.3 is 0 Å². The summed E-state index contributed by atoms with van der Waals surface area (Å²) < 4.78 is 5.07. The topological polar surface area (TPSA) is 48.9 Å². The first-order valence-corrected chi connectivity index (χ1v) is 8.28. The summed E-state index contributed by atoms with van der Waals surface area (Å²) in [6.07, 6.45) is 0. The molecule has 1 heterocycles. The first-order chi connectivity index (χ1) is 10.2. The van der Waals surface area contributed by atoms with Crippen molar-refractivity contribution in [3.8, 4) is 0 Å².